The highest BCUT2D eigenvalue weighted by Gasteiger charge is 2.44. The van der Waals surface area contributed by atoms with Crippen molar-refractivity contribution in [3.8, 4) is 0 Å². The van der Waals surface area contributed by atoms with E-state index in [-0.39, 0.29) is 5.41 Å². The Kier molecular flexibility index (Phi) is 3.58. The van der Waals surface area contributed by atoms with Crippen LogP contribution in [-0.4, -0.2) is 18.9 Å². The van der Waals surface area contributed by atoms with E-state index in [1.165, 1.54) is 5.56 Å². The van der Waals surface area contributed by atoms with Gasteiger partial charge in [0.25, 0.3) is 0 Å². The molecule has 1 atom stereocenters. The van der Waals surface area contributed by atoms with Crippen LogP contribution in [0.15, 0.2) is 18.2 Å². The van der Waals surface area contributed by atoms with E-state index in [1.807, 2.05) is 12.1 Å². The summed E-state index contributed by atoms with van der Waals surface area (Å²) in [4.78, 5) is 12.9. The maximum absolute atomic E-state index is 12.9. The first kappa shape index (κ1) is 13.3. The highest BCUT2D eigenvalue weighted by Crippen LogP contribution is 2.38. The van der Waals surface area contributed by atoms with Crippen molar-refractivity contribution in [1.82, 2.24) is 5.32 Å². The van der Waals surface area contributed by atoms with Crippen LogP contribution in [0.25, 0.3) is 0 Å². The Bertz CT molecular complexity index is 456. The number of benzene rings is 1. The van der Waals surface area contributed by atoms with E-state index in [2.05, 4.69) is 39.1 Å². The Balaban J connectivity index is 2.44. The van der Waals surface area contributed by atoms with Crippen LogP contribution in [0.1, 0.15) is 41.8 Å². The van der Waals surface area contributed by atoms with Gasteiger partial charge in [-0.3, -0.25) is 4.79 Å². The van der Waals surface area contributed by atoms with Crippen molar-refractivity contribution in [3.05, 3.63) is 34.9 Å². The van der Waals surface area contributed by atoms with Crippen LogP contribution in [0.4, 0.5) is 0 Å². The molecule has 1 N–H and O–H groups in total. The molecule has 1 aliphatic rings. The van der Waals surface area contributed by atoms with Crippen molar-refractivity contribution in [3.63, 3.8) is 0 Å². The molecule has 0 aromatic heterocycles. The van der Waals surface area contributed by atoms with Crippen LogP contribution >= 0.6 is 0 Å². The van der Waals surface area contributed by atoms with Crippen LogP contribution in [0.3, 0.4) is 0 Å². The SMILES string of the molecule is Cc1cccc(C(=O)C2(C(C)C)CCNC2)c1C. The van der Waals surface area contributed by atoms with Crippen LogP contribution < -0.4 is 5.32 Å². The monoisotopic (exact) mass is 245 g/mol. The number of rotatable bonds is 3. The summed E-state index contributed by atoms with van der Waals surface area (Å²) < 4.78 is 0. The second-order valence-electron chi connectivity index (χ2n) is 5.81. The van der Waals surface area contributed by atoms with Gasteiger partial charge in [-0.25, -0.2) is 0 Å². The van der Waals surface area contributed by atoms with Crippen LogP contribution in [0.5, 0.6) is 0 Å². The Morgan fingerprint density at radius 2 is 2.06 bits per heavy atom. The molecule has 0 amide bonds. The molecule has 1 aromatic carbocycles. The van der Waals surface area contributed by atoms with Crippen molar-refractivity contribution >= 4 is 5.78 Å². The van der Waals surface area contributed by atoms with E-state index in [0.29, 0.717) is 11.7 Å². The average molecular weight is 245 g/mol. The van der Waals surface area contributed by atoms with E-state index < -0.39 is 0 Å². The zero-order valence-corrected chi connectivity index (χ0v) is 11.8. The Hall–Kier alpha value is -1.15. The second-order valence-corrected chi connectivity index (χ2v) is 5.81. The maximum atomic E-state index is 12.9. The normalized spacial score (nSPS) is 23.6. The third-order valence-corrected chi connectivity index (χ3v) is 4.59. The molecule has 2 heteroatoms. The topological polar surface area (TPSA) is 29.1 Å². The van der Waals surface area contributed by atoms with Gasteiger partial charge in [-0.15, -0.1) is 0 Å². The van der Waals surface area contributed by atoms with Gasteiger partial charge in [0, 0.05) is 17.5 Å². The fourth-order valence-electron chi connectivity index (χ4n) is 2.93. The van der Waals surface area contributed by atoms with Crippen LogP contribution in [-0.2, 0) is 0 Å². The van der Waals surface area contributed by atoms with Crippen LogP contribution in [0, 0.1) is 25.2 Å². The Labute approximate surface area is 110 Å². The summed E-state index contributed by atoms with van der Waals surface area (Å²) in [6.45, 7) is 10.2. The molecular weight excluding hydrogens is 222 g/mol. The van der Waals surface area contributed by atoms with Crippen molar-refractivity contribution in [2.45, 2.75) is 34.1 Å². The van der Waals surface area contributed by atoms with Crippen LogP contribution in [0.2, 0.25) is 0 Å². The van der Waals surface area contributed by atoms with Gasteiger partial charge in [-0.2, -0.15) is 0 Å². The molecule has 0 radical (unpaired) electrons. The molecule has 0 saturated carbocycles. The minimum atomic E-state index is -0.210. The molecule has 98 valence electrons. The Morgan fingerprint density at radius 1 is 1.33 bits per heavy atom. The summed E-state index contributed by atoms with van der Waals surface area (Å²) in [6, 6.07) is 6.04. The van der Waals surface area contributed by atoms with E-state index in [9.17, 15) is 4.79 Å². The summed E-state index contributed by atoms with van der Waals surface area (Å²) in [7, 11) is 0. The predicted molar refractivity (Wildman–Crippen MR) is 75.0 cm³/mol. The standard InChI is InChI=1S/C16H23NO/c1-11(2)16(8-9-17-10-16)15(18)14-7-5-6-12(3)13(14)4/h5-7,11,17H,8-10H2,1-4H3. The van der Waals surface area contributed by atoms with E-state index in [0.717, 1.165) is 30.6 Å². The highest BCUT2D eigenvalue weighted by atomic mass is 16.1. The fourth-order valence-corrected chi connectivity index (χ4v) is 2.93. The smallest absolute Gasteiger partial charge is 0.170 e. The molecule has 0 bridgehead atoms. The van der Waals surface area contributed by atoms with E-state index >= 15 is 0 Å². The van der Waals surface area contributed by atoms with Gasteiger partial charge in [-0.1, -0.05) is 32.0 Å². The molecule has 1 aromatic rings. The zero-order valence-electron chi connectivity index (χ0n) is 11.8. The lowest BCUT2D eigenvalue weighted by Crippen LogP contribution is -2.39. The first-order valence-electron chi connectivity index (χ1n) is 6.81. The molecule has 2 nitrogen and oxygen atoms in total. The lowest BCUT2D eigenvalue weighted by Gasteiger charge is -2.31. The highest BCUT2D eigenvalue weighted by molar-refractivity contribution is 6.02. The number of Topliss-reactive ketones (excluding diaryl/α,β-unsaturated/α-hetero) is 1. The molecule has 18 heavy (non-hydrogen) atoms. The van der Waals surface area contributed by atoms with Crippen molar-refractivity contribution in [2.24, 2.45) is 11.3 Å². The number of carbonyl (C=O) groups excluding carboxylic acids is 1. The second kappa shape index (κ2) is 4.85. The van der Waals surface area contributed by atoms with Crippen molar-refractivity contribution in [2.75, 3.05) is 13.1 Å². The molecule has 1 aliphatic heterocycles. The lowest BCUT2D eigenvalue weighted by molar-refractivity contribution is 0.0739. The minimum Gasteiger partial charge on any atom is -0.316 e. The minimum absolute atomic E-state index is 0.210. The largest absolute Gasteiger partial charge is 0.316 e. The number of hydrogen-bond donors (Lipinski definition) is 1. The van der Waals surface area contributed by atoms with Gasteiger partial charge < -0.3 is 5.32 Å². The first-order valence-corrected chi connectivity index (χ1v) is 6.81. The van der Waals surface area contributed by atoms with Crippen molar-refractivity contribution in [1.29, 1.82) is 0 Å². The summed E-state index contributed by atoms with van der Waals surface area (Å²) in [5, 5.41) is 3.36. The van der Waals surface area contributed by atoms with E-state index in [1.54, 1.807) is 0 Å². The first-order chi connectivity index (χ1) is 8.49. The van der Waals surface area contributed by atoms with Gasteiger partial charge in [0.1, 0.15) is 0 Å². The van der Waals surface area contributed by atoms with Gasteiger partial charge >= 0.3 is 0 Å². The predicted octanol–water partition coefficient (Wildman–Crippen LogP) is 3.12. The molecular formula is C16H23NO. The third-order valence-electron chi connectivity index (χ3n) is 4.59. The molecule has 1 heterocycles. The molecule has 1 saturated heterocycles. The number of hydrogen-bond acceptors (Lipinski definition) is 2. The quantitative estimate of drug-likeness (QED) is 0.829. The summed E-state index contributed by atoms with van der Waals surface area (Å²) in [5.41, 5.74) is 3.03. The lowest BCUT2D eigenvalue weighted by atomic mass is 9.70. The number of carbonyl (C=O) groups is 1. The van der Waals surface area contributed by atoms with Crippen molar-refractivity contribution < 1.29 is 4.79 Å². The molecule has 2 rings (SSSR count). The molecule has 1 fully saturated rings. The van der Waals surface area contributed by atoms with E-state index in [4.69, 9.17) is 0 Å². The maximum Gasteiger partial charge on any atom is 0.170 e. The van der Waals surface area contributed by atoms with Gasteiger partial charge in [0.05, 0.1) is 0 Å². The zero-order chi connectivity index (χ0) is 13.3. The van der Waals surface area contributed by atoms with Gasteiger partial charge in [-0.05, 0) is 43.9 Å². The van der Waals surface area contributed by atoms with Gasteiger partial charge in [0.15, 0.2) is 5.78 Å². The molecule has 0 aliphatic carbocycles. The average Bonchev–Trinajstić information content (AvgIpc) is 2.82. The third kappa shape index (κ3) is 1.99. The summed E-state index contributed by atoms with van der Waals surface area (Å²) >= 11 is 0. The fraction of sp³-hybridized carbons (Fsp3) is 0.562. The summed E-state index contributed by atoms with van der Waals surface area (Å²) in [6.07, 6.45) is 0.955. The molecule has 0 spiro atoms. The molecule has 1 unspecified atom stereocenters. The number of aryl methyl sites for hydroxylation is 1. The number of nitrogens with one attached hydrogen (secondary N) is 1. The number of ketones is 1. The Morgan fingerprint density at radius 3 is 2.61 bits per heavy atom. The van der Waals surface area contributed by atoms with Gasteiger partial charge in [0.2, 0.25) is 0 Å². The summed E-state index contributed by atoms with van der Waals surface area (Å²) in [5.74, 6) is 0.698.